The van der Waals surface area contributed by atoms with Crippen LogP contribution in [-0.2, 0) is 6.61 Å². The molecule has 0 saturated carbocycles. The number of aromatic nitrogens is 1. The van der Waals surface area contributed by atoms with Gasteiger partial charge in [-0.25, -0.2) is 4.79 Å². The first-order valence-electron chi connectivity index (χ1n) is 8.77. The largest absolute Gasteiger partial charge is 0.488 e. The Labute approximate surface area is 151 Å². The fourth-order valence-corrected chi connectivity index (χ4v) is 3.29. The van der Waals surface area contributed by atoms with Gasteiger partial charge >= 0.3 is 5.63 Å². The number of rotatable bonds is 4. The summed E-state index contributed by atoms with van der Waals surface area (Å²) in [5, 5.41) is 4.27. The lowest BCUT2D eigenvalue weighted by molar-refractivity contribution is 0.303. The number of nitrogens with zero attached hydrogens (tertiary/aromatic N) is 2. The smallest absolute Gasteiger partial charge is 0.338 e. The zero-order chi connectivity index (χ0) is 17.9. The van der Waals surface area contributed by atoms with E-state index in [1.165, 1.54) is 0 Å². The Kier molecular flexibility index (Phi) is 4.58. The number of benzene rings is 1. The molecule has 2 aromatic heterocycles. The molecule has 0 bridgehead atoms. The molecular formula is C20H21N3O3. The van der Waals surface area contributed by atoms with Crippen molar-refractivity contribution in [1.29, 1.82) is 0 Å². The number of fused-ring (bicyclic) bond motifs is 1. The van der Waals surface area contributed by atoms with Gasteiger partial charge in [0.2, 0.25) is 0 Å². The van der Waals surface area contributed by atoms with Crippen LogP contribution in [0.2, 0.25) is 0 Å². The van der Waals surface area contributed by atoms with Crippen molar-refractivity contribution < 1.29 is 9.15 Å². The number of pyridine rings is 1. The molecule has 3 aromatic rings. The standard InChI is InChI=1S/C20H21N3O3/c1-14-18(25-13-15-3-2-6-22-12-15)5-4-16-17(11-19(24)26-20(14)16)23-9-7-21-8-10-23/h2-6,11-12,21H,7-10,13H2,1H3. The lowest BCUT2D eigenvalue weighted by Crippen LogP contribution is -2.43. The van der Waals surface area contributed by atoms with E-state index in [0.717, 1.165) is 48.4 Å². The Morgan fingerprint density at radius 1 is 1.27 bits per heavy atom. The predicted molar refractivity (Wildman–Crippen MR) is 101 cm³/mol. The summed E-state index contributed by atoms with van der Waals surface area (Å²) in [7, 11) is 0. The van der Waals surface area contributed by atoms with E-state index in [-0.39, 0.29) is 5.63 Å². The maximum atomic E-state index is 12.1. The molecule has 26 heavy (non-hydrogen) atoms. The number of anilines is 1. The number of hydrogen-bond acceptors (Lipinski definition) is 6. The van der Waals surface area contributed by atoms with Crippen molar-refractivity contribution in [3.05, 3.63) is 64.3 Å². The molecule has 0 radical (unpaired) electrons. The van der Waals surface area contributed by atoms with Crippen LogP contribution in [0.3, 0.4) is 0 Å². The minimum atomic E-state index is -0.335. The van der Waals surface area contributed by atoms with E-state index < -0.39 is 0 Å². The highest BCUT2D eigenvalue weighted by Gasteiger charge is 2.18. The van der Waals surface area contributed by atoms with Crippen LogP contribution in [0.15, 0.2) is 51.9 Å². The van der Waals surface area contributed by atoms with Gasteiger partial charge in [0, 0.05) is 61.2 Å². The van der Waals surface area contributed by atoms with Crippen molar-refractivity contribution >= 4 is 16.7 Å². The second-order valence-corrected chi connectivity index (χ2v) is 6.40. The second-order valence-electron chi connectivity index (χ2n) is 6.40. The molecule has 6 heteroatoms. The normalized spacial score (nSPS) is 14.6. The van der Waals surface area contributed by atoms with Gasteiger partial charge in [0.1, 0.15) is 17.9 Å². The molecule has 1 N–H and O–H groups in total. The van der Waals surface area contributed by atoms with Gasteiger partial charge in [-0.3, -0.25) is 4.98 Å². The number of ether oxygens (including phenoxy) is 1. The molecule has 0 aliphatic carbocycles. The Morgan fingerprint density at radius 3 is 2.88 bits per heavy atom. The van der Waals surface area contributed by atoms with Gasteiger partial charge in [0.15, 0.2) is 0 Å². The summed E-state index contributed by atoms with van der Waals surface area (Å²) in [4.78, 5) is 18.5. The highest BCUT2D eigenvalue weighted by molar-refractivity contribution is 5.93. The molecular weight excluding hydrogens is 330 g/mol. The summed E-state index contributed by atoms with van der Waals surface area (Å²) < 4.78 is 11.5. The number of aryl methyl sites for hydroxylation is 1. The third-order valence-corrected chi connectivity index (χ3v) is 4.66. The molecule has 1 aliphatic rings. The van der Waals surface area contributed by atoms with Crippen molar-refractivity contribution in [3.63, 3.8) is 0 Å². The van der Waals surface area contributed by atoms with Gasteiger partial charge < -0.3 is 19.4 Å². The SMILES string of the molecule is Cc1c(OCc2cccnc2)ccc2c(N3CCNCC3)cc(=O)oc12. The molecule has 1 aromatic carbocycles. The zero-order valence-corrected chi connectivity index (χ0v) is 14.7. The number of piperazine rings is 1. The van der Waals surface area contributed by atoms with E-state index in [2.05, 4.69) is 15.2 Å². The fourth-order valence-electron chi connectivity index (χ4n) is 3.29. The Balaban J connectivity index is 1.69. The molecule has 0 unspecified atom stereocenters. The summed E-state index contributed by atoms with van der Waals surface area (Å²) >= 11 is 0. The van der Waals surface area contributed by atoms with Crippen molar-refractivity contribution in [1.82, 2.24) is 10.3 Å². The van der Waals surface area contributed by atoms with Gasteiger partial charge in [-0.1, -0.05) is 6.07 Å². The van der Waals surface area contributed by atoms with Crippen LogP contribution in [-0.4, -0.2) is 31.2 Å². The van der Waals surface area contributed by atoms with Crippen LogP contribution in [0.4, 0.5) is 5.69 Å². The third kappa shape index (κ3) is 3.28. The minimum Gasteiger partial charge on any atom is -0.488 e. The zero-order valence-electron chi connectivity index (χ0n) is 14.7. The van der Waals surface area contributed by atoms with E-state index in [1.807, 2.05) is 31.2 Å². The fraction of sp³-hybridized carbons (Fsp3) is 0.300. The number of nitrogens with one attached hydrogen (secondary N) is 1. The molecule has 0 amide bonds. The van der Waals surface area contributed by atoms with Gasteiger partial charge in [-0.2, -0.15) is 0 Å². The summed E-state index contributed by atoms with van der Waals surface area (Å²) in [5.74, 6) is 0.710. The summed E-state index contributed by atoms with van der Waals surface area (Å²) in [6.45, 7) is 5.90. The van der Waals surface area contributed by atoms with Crippen molar-refractivity contribution in [3.8, 4) is 5.75 Å². The van der Waals surface area contributed by atoms with Gasteiger partial charge in [-0.15, -0.1) is 0 Å². The van der Waals surface area contributed by atoms with Crippen molar-refractivity contribution in [2.45, 2.75) is 13.5 Å². The first-order chi connectivity index (χ1) is 12.7. The molecule has 1 aliphatic heterocycles. The Morgan fingerprint density at radius 2 is 2.12 bits per heavy atom. The second kappa shape index (κ2) is 7.17. The predicted octanol–water partition coefficient (Wildman–Crippen LogP) is 2.49. The first kappa shape index (κ1) is 16.6. The van der Waals surface area contributed by atoms with Crippen molar-refractivity contribution in [2.75, 3.05) is 31.1 Å². The van der Waals surface area contributed by atoms with Gasteiger partial charge in [0.25, 0.3) is 0 Å². The number of hydrogen-bond donors (Lipinski definition) is 1. The van der Waals surface area contributed by atoms with Crippen LogP contribution in [0.5, 0.6) is 5.75 Å². The Hall–Kier alpha value is -2.86. The van der Waals surface area contributed by atoms with E-state index >= 15 is 0 Å². The Bertz CT molecular complexity index is 963. The summed E-state index contributed by atoms with van der Waals surface area (Å²) in [5.41, 5.74) is 3.01. The molecule has 4 rings (SSSR count). The van der Waals surface area contributed by atoms with E-state index in [1.54, 1.807) is 18.5 Å². The van der Waals surface area contributed by atoms with Crippen molar-refractivity contribution in [2.24, 2.45) is 0 Å². The van der Waals surface area contributed by atoms with E-state index in [0.29, 0.717) is 17.9 Å². The highest BCUT2D eigenvalue weighted by atomic mass is 16.5. The van der Waals surface area contributed by atoms with Gasteiger partial charge in [-0.05, 0) is 25.1 Å². The van der Waals surface area contributed by atoms with Crippen LogP contribution < -0.4 is 20.6 Å². The highest BCUT2D eigenvalue weighted by Crippen LogP contribution is 2.32. The van der Waals surface area contributed by atoms with Gasteiger partial charge in [0.05, 0.1) is 5.69 Å². The molecule has 6 nitrogen and oxygen atoms in total. The summed E-state index contributed by atoms with van der Waals surface area (Å²) in [6.07, 6.45) is 3.51. The monoisotopic (exact) mass is 351 g/mol. The van der Waals surface area contributed by atoms with Crippen LogP contribution in [0, 0.1) is 6.92 Å². The van der Waals surface area contributed by atoms with Crippen LogP contribution in [0.25, 0.3) is 11.0 Å². The average Bonchev–Trinajstić information content (AvgIpc) is 2.69. The average molecular weight is 351 g/mol. The quantitative estimate of drug-likeness (QED) is 0.729. The molecule has 1 saturated heterocycles. The minimum absolute atomic E-state index is 0.335. The molecule has 1 fully saturated rings. The topological polar surface area (TPSA) is 67.6 Å². The molecule has 0 spiro atoms. The first-order valence-corrected chi connectivity index (χ1v) is 8.77. The molecule has 134 valence electrons. The van der Waals surface area contributed by atoms with E-state index in [4.69, 9.17) is 9.15 Å². The van der Waals surface area contributed by atoms with Crippen LogP contribution in [0.1, 0.15) is 11.1 Å². The van der Waals surface area contributed by atoms with E-state index in [9.17, 15) is 4.79 Å². The lowest BCUT2D eigenvalue weighted by atomic mass is 10.1. The third-order valence-electron chi connectivity index (χ3n) is 4.66. The van der Waals surface area contributed by atoms with Crippen LogP contribution >= 0.6 is 0 Å². The summed E-state index contributed by atoms with van der Waals surface area (Å²) in [6, 6.07) is 9.35. The molecule has 3 heterocycles. The molecule has 0 atom stereocenters. The maximum Gasteiger partial charge on any atom is 0.338 e. The lowest BCUT2D eigenvalue weighted by Gasteiger charge is -2.30. The maximum absolute atomic E-state index is 12.1.